The molecule has 5 rings (SSSR count). The van der Waals surface area contributed by atoms with Crippen LogP contribution in [-0.2, 0) is 11.3 Å². The number of hydrogen-bond acceptors (Lipinski definition) is 5. The zero-order valence-electron chi connectivity index (χ0n) is 20.0. The van der Waals surface area contributed by atoms with Crippen molar-refractivity contribution in [1.82, 2.24) is 9.55 Å². The second kappa shape index (κ2) is 10.4. The van der Waals surface area contributed by atoms with Crippen LogP contribution in [0.2, 0.25) is 0 Å². The van der Waals surface area contributed by atoms with Gasteiger partial charge in [0.25, 0.3) is 0 Å². The van der Waals surface area contributed by atoms with Gasteiger partial charge in [-0.05, 0) is 67.3 Å². The zero-order valence-corrected chi connectivity index (χ0v) is 20.8. The number of thioether (sulfide) groups is 1. The molecular formula is C28H29N3O3S. The molecule has 0 radical (unpaired) electrons. The maximum Gasteiger partial charge on any atom is 0.227 e. The Morgan fingerprint density at radius 3 is 2.63 bits per heavy atom. The molecule has 1 saturated heterocycles. The van der Waals surface area contributed by atoms with Gasteiger partial charge in [0.2, 0.25) is 5.91 Å². The zero-order chi connectivity index (χ0) is 24.2. The van der Waals surface area contributed by atoms with Crippen molar-refractivity contribution in [2.45, 2.75) is 30.2 Å². The van der Waals surface area contributed by atoms with Crippen molar-refractivity contribution in [3.63, 3.8) is 0 Å². The summed E-state index contributed by atoms with van der Waals surface area (Å²) < 4.78 is 13.4. The van der Waals surface area contributed by atoms with Gasteiger partial charge in [0, 0.05) is 36.0 Å². The maximum atomic E-state index is 13.0. The molecule has 6 nitrogen and oxygen atoms in total. The van der Waals surface area contributed by atoms with E-state index in [0.717, 1.165) is 51.9 Å². The summed E-state index contributed by atoms with van der Waals surface area (Å²) in [6.07, 6.45) is 3.35. The Morgan fingerprint density at radius 1 is 1.03 bits per heavy atom. The lowest BCUT2D eigenvalue weighted by Crippen LogP contribution is -2.24. The lowest BCUT2D eigenvalue weighted by molar-refractivity contribution is -0.117. The highest BCUT2D eigenvalue weighted by molar-refractivity contribution is 7.98. The quantitative estimate of drug-likeness (QED) is 0.222. The molecule has 1 aliphatic heterocycles. The van der Waals surface area contributed by atoms with Gasteiger partial charge >= 0.3 is 0 Å². The van der Waals surface area contributed by atoms with E-state index in [9.17, 15) is 4.79 Å². The number of rotatable bonds is 9. The Morgan fingerprint density at radius 2 is 1.83 bits per heavy atom. The molecule has 7 heteroatoms. The highest BCUT2D eigenvalue weighted by atomic mass is 32.2. The fourth-order valence-electron chi connectivity index (χ4n) is 4.63. The molecular weight excluding hydrogens is 458 g/mol. The number of carbonyl (C=O) groups is 1. The molecule has 0 N–H and O–H groups in total. The number of para-hydroxylation sites is 2. The molecule has 1 fully saturated rings. The standard InChI is InChI=1S/C28H29N3O3S/c1-33-22-11-13-23(14-12-22)34-16-6-15-30-26-10-4-3-9-25(26)29-28(30)20-17-27(32)31(19-20)21-7-5-8-24(18-21)35-2/h3-5,7-14,18,20H,6,15-17,19H2,1-2H3. The highest BCUT2D eigenvalue weighted by Gasteiger charge is 2.34. The molecule has 1 unspecified atom stereocenters. The maximum absolute atomic E-state index is 13.0. The van der Waals surface area contributed by atoms with Crippen molar-refractivity contribution in [3.05, 3.63) is 78.6 Å². The predicted octanol–water partition coefficient (Wildman–Crippen LogP) is 5.76. The molecule has 0 saturated carbocycles. The first kappa shape index (κ1) is 23.3. The van der Waals surface area contributed by atoms with E-state index in [1.54, 1.807) is 18.9 Å². The summed E-state index contributed by atoms with van der Waals surface area (Å²) in [4.78, 5) is 21.0. The van der Waals surface area contributed by atoms with Crippen LogP contribution in [0.15, 0.2) is 77.7 Å². The van der Waals surface area contributed by atoms with Crippen LogP contribution in [0.1, 0.15) is 24.6 Å². The highest BCUT2D eigenvalue weighted by Crippen LogP contribution is 2.34. The number of methoxy groups -OCH3 is 1. The fourth-order valence-corrected chi connectivity index (χ4v) is 5.09. The van der Waals surface area contributed by atoms with Crippen molar-refractivity contribution in [2.75, 3.05) is 31.4 Å². The first-order chi connectivity index (χ1) is 17.2. The summed E-state index contributed by atoms with van der Waals surface area (Å²) >= 11 is 1.68. The number of amides is 1. The smallest absolute Gasteiger partial charge is 0.227 e. The summed E-state index contributed by atoms with van der Waals surface area (Å²) in [5, 5.41) is 0. The van der Waals surface area contributed by atoms with Crippen molar-refractivity contribution in [2.24, 2.45) is 0 Å². The number of benzene rings is 3. The van der Waals surface area contributed by atoms with Gasteiger partial charge in [-0.15, -0.1) is 11.8 Å². The minimum absolute atomic E-state index is 0.0512. The van der Waals surface area contributed by atoms with Gasteiger partial charge < -0.3 is 18.9 Å². The van der Waals surface area contributed by atoms with E-state index >= 15 is 0 Å². The van der Waals surface area contributed by atoms with Gasteiger partial charge in [-0.1, -0.05) is 18.2 Å². The van der Waals surface area contributed by atoms with Crippen molar-refractivity contribution in [3.8, 4) is 11.5 Å². The third-order valence-corrected chi connectivity index (χ3v) is 7.12. The molecule has 0 aliphatic carbocycles. The summed E-state index contributed by atoms with van der Waals surface area (Å²) in [5.74, 6) is 2.82. The van der Waals surface area contributed by atoms with E-state index in [0.29, 0.717) is 19.6 Å². The predicted molar refractivity (Wildman–Crippen MR) is 141 cm³/mol. The topological polar surface area (TPSA) is 56.6 Å². The van der Waals surface area contributed by atoms with E-state index in [2.05, 4.69) is 29.0 Å². The number of hydrogen-bond donors (Lipinski definition) is 0. The minimum Gasteiger partial charge on any atom is -0.497 e. The van der Waals surface area contributed by atoms with Crippen LogP contribution in [0.5, 0.6) is 11.5 Å². The molecule has 4 aromatic rings. The number of carbonyl (C=O) groups excluding carboxylic acids is 1. The Balaban J connectivity index is 1.32. The fraction of sp³-hybridized carbons (Fsp3) is 0.286. The summed E-state index contributed by atoms with van der Waals surface area (Å²) in [5.41, 5.74) is 3.02. The van der Waals surface area contributed by atoms with Crippen molar-refractivity contribution < 1.29 is 14.3 Å². The lowest BCUT2D eigenvalue weighted by Gasteiger charge is -2.18. The average molecular weight is 488 g/mol. The van der Waals surface area contributed by atoms with Crippen LogP contribution in [0.4, 0.5) is 5.69 Å². The molecule has 0 bridgehead atoms. The van der Waals surface area contributed by atoms with Crippen LogP contribution in [0, 0.1) is 0 Å². The number of ether oxygens (including phenoxy) is 2. The third-order valence-electron chi connectivity index (χ3n) is 6.39. The van der Waals surface area contributed by atoms with Crippen LogP contribution < -0.4 is 14.4 Å². The van der Waals surface area contributed by atoms with Gasteiger partial charge in [-0.3, -0.25) is 4.79 Å². The normalized spacial score (nSPS) is 15.7. The molecule has 35 heavy (non-hydrogen) atoms. The van der Waals surface area contributed by atoms with Crippen LogP contribution in [0.3, 0.4) is 0 Å². The number of nitrogens with zero attached hydrogens (tertiary/aromatic N) is 3. The second-order valence-electron chi connectivity index (χ2n) is 8.59. The van der Waals surface area contributed by atoms with Crippen LogP contribution in [-0.4, -0.2) is 42.0 Å². The lowest BCUT2D eigenvalue weighted by atomic mass is 10.1. The third kappa shape index (κ3) is 5.00. The molecule has 1 amide bonds. The summed E-state index contributed by atoms with van der Waals surface area (Å²) in [6.45, 7) is 2.01. The molecule has 2 heterocycles. The molecule has 1 atom stereocenters. The first-order valence-corrected chi connectivity index (χ1v) is 13.0. The van der Waals surface area contributed by atoms with Gasteiger partial charge in [0.1, 0.15) is 17.3 Å². The molecule has 3 aromatic carbocycles. The average Bonchev–Trinajstić information content (AvgIpc) is 3.47. The molecule has 180 valence electrons. The Bertz CT molecular complexity index is 1320. The Kier molecular flexibility index (Phi) is 6.95. The van der Waals surface area contributed by atoms with Gasteiger partial charge in [-0.2, -0.15) is 0 Å². The SMILES string of the molecule is COc1ccc(OCCCn2c(C3CC(=O)N(c4cccc(SC)c4)C3)nc3ccccc32)cc1. The summed E-state index contributed by atoms with van der Waals surface area (Å²) in [6, 6.07) is 24.0. The number of anilines is 1. The van der Waals surface area contributed by atoms with Crippen LogP contribution in [0.25, 0.3) is 11.0 Å². The molecule has 0 spiro atoms. The molecule has 1 aromatic heterocycles. The monoisotopic (exact) mass is 487 g/mol. The summed E-state index contributed by atoms with van der Waals surface area (Å²) in [7, 11) is 1.65. The van der Waals surface area contributed by atoms with E-state index in [1.165, 1.54) is 0 Å². The van der Waals surface area contributed by atoms with Crippen LogP contribution >= 0.6 is 11.8 Å². The van der Waals surface area contributed by atoms with Crippen molar-refractivity contribution >= 4 is 34.4 Å². The number of aryl methyl sites for hydroxylation is 1. The van der Waals surface area contributed by atoms with E-state index in [-0.39, 0.29) is 11.8 Å². The van der Waals surface area contributed by atoms with E-state index in [1.807, 2.05) is 59.5 Å². The number of aromatic nitrogens is 2. The number of imidazole rings is 1. The minimum atomic E-state index is 0.0512. The first-order valence-electron chi connectivity index (χ1n) is 11.8. The second-order valence-corrected chi connectivity index (χ2v) is 9.47. The molecule has 1 aliphatic rings. The van der Waals surface area contributed by atoms with E-state index in [4.69, 9.17) is 14.5 Å². The number of fused-ring (bicyclic) bond motifs is 1. The van der Waals surface area contributed by atoms with Gasteiger partial charge in [0.15, 0.2) is 0 Å². The van der Waals surface area contributed by atoms with Gasteiger partial charge in [0.05, 0.1) is 24.8 Å². The van der Waals surface area contributed by atoms with Gasteiger partial charge in [-0.25, -0.2) is 4.98 Å². The Hall–Kier alpha value is -3.45. The van der Waals surface area contributed by atoms with E-state index < -0.39 is 0 Å². The Labute approximate surface area is 209 Å². The van der Waals surface area contributed by atoms with Crippen molar-refractivity contribution in [1.29, 1.82) is 0 Å². The largest absolute Gasteiger partial charge is 0.497 e.